The first kappa shape index (κ1) is 32.8. The number of anilines is 2. The van der Waals surface area contributed by atoms with Crippen LogP contribution in [0.2, 0.25) is 0 Å². The van der Waals surface area contributed by atoms with Crippen molar-refractivity contribution in [2.24, 2.45) is 0 Å². The smallest absolute Gasteiger partial charge is 0.272 e. The second kappa shape index (κ2) is 16.1. The van der Waals surface area contributed by atoms with E-state index in [-0.39, 0.29) is 17.4 Å². The molecule has 0 saturated heterocycles. The molecule has 0 bridgehead atoms. The highest BCUT2D eigenvalue weighted by Crippen LogP contribution is 2.23. The van der Waals surface area contributed by atoms with Crippen LogP contribution in [-0.2, 0) is 16.2 Å². The molecule has 0 aliphatic heterocycles. The number of carbonyl (C=O) groups is 3. The molecule has 5 rings (SSSR count). The summed E-state index contributed by atoms with van der Waals surface area (Å²) in [6, 6.07) is 39.0. The van der Waals surface area contributed by atoms with Gasteiger partial charge in [0.05, 0.1) is 5.75 Å². The lowest BCUT2D eigenvalue weighted by Gasteiger charge is -2.13. The van der Waals surface area contributed by atoms with Crippen LogP contribution in [0.4, 0.5) is 11.4 Å². The Morgan fingerprint density at radius 1 is 0.702 bits per heavy atom. The van der Waals surface area contributed by atoms with Crippen LogP contribution in [0.15, 0.2) is 138 Å². The van der Waals surface area contributed by atoms with Gasteiger partial charge >= 0.3 is 0 Å². The summed E-state index contributed by atoms with van der Waals surface area (Å²) in [5, 5.41) is 8.60. The Labute approximate surface area is 279 Å². The molecule has 3 amide bonds. The van der Waals surface area contributed by atoms with Crippen molar-refractivity contribution >= 4 is 46.9 Å². The number of amides is 3. The second-order valence-electron chi connectivity index (χ2n) is 10.9. The number of nitrogens with one attached hydrogen (secondary N) is 3. The molecule has 5 aromatic rings. The van der Waals surface area contributed by atoms with E-state index in [9.17, 15) is 14.4 Å². The average molecular weight is 642 g/mol. The van der Waals surface area contributed by atoms with E-state index in [4.69, 9.17) is 4.74 Å². The maximum atomic E-state index is 13.6. The monoisotopic (exact) mass is 641 g/mol. The zero-order valence-electron chi connectivity index (χ0n) is 26.2. The lowest BCUT2D eigenvalue weighted by Crippen LogP contribution is -2.30. The zero-order valence-corrected chi connectivity index (χ0v) is 27.0. The van der Waals surface area contributed by atoms with E-state index >= 15 is 0 Å². The van der Waals surface area contributed by atoms with Gasteiger partial charge in [0.1, 0.15) is 18.1 Å². The Morgan fingerprint density at radius 2 is 1.38 bits per heavy atom. The van der Waals surface area contributed by atoms with Crippen LogP contribution in [0.5, 0.6) is 5.75 Å². The zero-order chi connectivity index (χ0) is 33.0. The first-order valence-electron chi connectivity index (χ1n) is 15.1. The van der Waals surface area contributed by atoms with Gasteiger partial charge < -0.3 is 20.7 Å². The standard InChI is InChI=1S/C39H35N3O4S/c1-27-20-28(2)22-33(21-27)40-37(43)26-47-35-15-9-14-32(24-35)41-39(45)36(42-38(44)31-12-7-4-8-13-31)23-29-16-18-34(19-17-29)46-25-30-10-5-3-6-11-30/h3-24H,25-26H2,1-2H3,(H,40,43)(H,41,45)(H,42,44)/b36-23+. The van der Waals surface area contributed by atoms with E-state index in [0.29, 0.717) is 29.2 Å². The summed E-state index contributed by atoms with van der Waals surface area (Å²) >= 11 is 1.36. The maximum absolute atomic E-state index is 13.6. The minimum atomic E-state index is -0.492. The maximum Gasteiger partial charge on any atom is 0.272 e. The number of ether oxygens (including phenoxy) is 1. The van der Waals surface area contributed by atoms with Gasteiger partial charge in [-0.05, 0) is 96.8 Å². The predicted molar refractivity (Wildman–Crippen MR) is 189 cm³/mol. The van der Waals surface area contributed by atoms with Gasteiger partial charge in [0.2, 0.25) is 5.91 Å². The molecule has 47 heavy (non-hydrogen) atoms. The number of rotatable bonds is 12. The Balaban J connectivity index is 1.26. The topological polar surface area (TPSA) is 96.5 Å². The van der Waals surface area contributed by atoms with Gasteiger partial charge in [-0.1, -0.05) is 72.8 Å². The quantitative estimate of drug-likeness (QED) is 0.0947. The van der Waals surface area contributed by atoms with Gasteiger partial charge in [-0.15, -0.1) is 11.8 Å². The first-order valence-corrected chi connectivity index (χ1v) is 16.1. The fourth-order valence-electron chi connectivity index (χ4n) is 4.77. The average Bonchev–Trinajstić information content (AvgIpc) is 3.07. The minimum Gasteiger partial charge on any atom is -0.489 e. The van der Waals surface area contributed by atoms with Crippen molar-refractivity contribution in [3.8, 4) is 5.75 Å². The summed E-state index contributed by atoms with van der Waals surface area (Å²) in [4.78, 5) is 40.0. The van der Waals surface area contributed by atoms with Gasteiger partial charge in [0, 0.05) is 21.8 Å². The molecule has 0 aliphatic carbocycles. The van der Waals surface area contributed by atoms with Crippen LogP contribution in [-0.4, -0.2) is 23.5 Å². The van der Waals surface area contributed by atoms with Gasteiger partial charge in [-0.3, -0.25) is 14.4 Å². The fraction of sp³-hybridized carbons (Fsp3) is 0.103. The molecule has 0 saturated carbocycles. The molecule has 7 nitrogen and oxygen atoms in total. The summed E-state index contributed by atoms with van der Waals surface area (Å²) < 4.78 is 5.89. The molecule has 0 unspecified atom stereocenters. The molecule has 0 spiro atoms. The van der Waals surface area contributed by atoms with E-state index in [1.165, 1.54) is 11.8 Å². The Kier molecular flexibility index (Phi) is 11.2. The molecule has 0 heterocycles. The van der Waals surface area contributed by atoms with Crippen molar-refractivity contribution in [3.05, 3.63) is 161 Å². The van der Waals surface area contributed by atoms with Crippen LogP contribution in [0.3, 0.4) is 0 Å². The largest absolute Gasteiger partial charge is 0.489 e. The summed E-state index contributed by atoms with van der Waals surface area (Å²) in [5.74, 6) is -0.141. The first-order chi connectivity index (χ1) is 22.8. The number of aryl methyl sites for hydroxylation is 2. The van der Waals surface area contributed by atoms with Crippen LogP contribution in [0.1, 0.15) is 32.6 Å². The summed E-state index contributed by atoms with van der Waals surface area (Å²) in [5.41, 5.74) is 5.71. The van der Waals surface area contributed by atoms with Gasteiger partial charge in [-0.2, -0.15) is 0 Å². The molecule has 0 aliphatic rings. The van der Waals surface area contributed by atoms with E-state index in [1.54, 1.807) is 48.5 Å². The SMILES string of the molecule is Cc1cc(C)cc(NC(=O)CSc2cccc(NC(=O)/C(=C\c3ccc(OCc4ccccc4)cc3)NC(=O)c3ccccc3)c2)c1. The fourth-order valence-corrected chi connectivity index (χ4v) is 5.52. The van der Waals surface area contributed by atoms with Gasteiger partial charge in [0.25, 0.3) is 11.8 Å². The molecule has 3 N–H and O–H groups in total. The van der Waals surface area contributed by atoms with Crippen molar-refractivity contribution in [1.29, 1.82) is 0 Å². The summed E-state index contributed by atoms with van der Waals surface area (Å²) in [7, 11) is 0. The highest BCUT2D eigenvalue weighted by molar-refractivity contribution is 8.00. The number of hydrogen-bond acceptors (Lipinski definition) is 5. The molecule has 0 radical (unpaired) electrons. The predicted octanol–water partition coefficient (Wildman–Crippen LogP) is 8.02. The normalized spacial score (nSPS) is 11.0. The van der Waals surface area contributed by atoms with Crippen LogP contribution < -0.4 is 20.7 Å². The minimum absolute atomic E-state index is 0.0719. The third-order valence-electron chi connectivity index (χ3n) is 6.94. The van der Waals surface area contributed by atoms with Gasteiger partial charge in [-0.25, -0.2) is 0 Å². The summed E-state index contributed by atoms with van der Waals surface area (Å²) in [6.07, 6.45) is 1.62. The van der Waals surface area contributed by atoms with E-state index < -0.39 is 11.8 Å². The number of benzene rings is 5. The van der Waals surface area contributed by atoms with Crippen molar-refractivity contribution in [2.45, 2.75) is 25.3 Å². The van der Waals surface area contributed by atoms with Crippen LogP contribution in [0, 0.1) is 13.8 Å². The lowest BCUT2D eigenvalue weighted by atomic mass is 10.1. The molecule has 236 valence electrons. The van der Waals surface area contributed by atoms with Crippen molar-refractivity contribution in [1.82, 2.24) is 5.32 Å². The van der Waals surface area contributed by atoms with Crippen LogP contribution >= 0.6 is 11.8 Å². The Bertz CT molecular complexity index is 1850. The highest BCUT2D eigenvalue weighted by atomic mass is 32.2. The molecule has 0 fully saturated rings. The van der Waals surface area contributed by atoms with Crippen molar-refractivity contribution in [3.63, 3.8) is 0 Å². The molecular weight excluding hydrogens is 607 g/mol. The van der Waals surface area contributed by atoms with E-state index in [0.717, 1.165) is 27.3 Å². The van der Waals surface area contributed by atoms with Crippen molar-refractivity contribution < 1.29 is 19.1 Å². The Hall–Kier alpha value is -5.60. The Morgan fingerprint density at radius 3 is 2.09 bits per heavy atom. The van der Waals surface area contributed by atoms with Gasteiger partial charge in [0.15, 0.2) is 0 Å². The second-order valence-corrected chi connectivity index (χ2v) is 12.0. The lowest BCUT2D eigenvalue weighted by molar-refractivity contribution is -0.114. The number of hydrogen-bond donors (Lipinski definition) is 3. The molecule has 8 heteroatoms. The number of carbonyl (C=O) groups excluding carboxylic acids is 3. The summed E-state index contributed by atoms with van der Waals surface area (Å²) in [6.45, 7) is 4.42. The van der Waals surface area contributed by atoms with Crippen molar-refractivity contribution in [2.75, 3.05) is 16.4 Å². The third-order valence-corrected chi connectivity index (χ3v) is 7.93. The number of thioether (sulfide) groups is 1. The molecule has 5 aromatic carbocycles. The van der Waals surface area contributed by atoms with E-state index in [1.807, 2.05) is 92.7 Å². The van der Waals surface area contributed by atoms with E-state index in [2.05, 4.69) is 22.0 Å². The van der Waals surface area contributed by atoms with Crippen LogP contribution in [0.25, 0.3) is 6.08 Å². The highest BCUT2D eigenvalue weighted by Gasteiger charge is 2.16. The molecular formula is C39H35N3O4S. The molecule has 0 aromatic heterocycles. The molecule has 0 atom stereocenters. The third kappa shape index (κ3) is 10.2.